The molecule has 0 radical (unpaired) electrons. The van der Waals surface area contributed by atoms with E-state index in [2.05, 4.69) is 54.5 Å². The van der Waals surface area contributed by atoms with E-state index in [9.17, 15) is 4.79 Å². The molecule has 5 aliphatic carbocycles. The van der Waals surface area contributed by atoms with E-state index < -0.39 is 0 Å². The van der Waals surface area contributed by atoms with Crippen LogP contribution < -0.4 is 0 Å². The van der Waals surface area contributed by atoms with Gasteiger partial charge >= 0.3 is 5.97 Å². The van der Waals surface area contributed by atoms with E-state index in [4.69, 9.17) is 9.47 Å². The Kier molecular flexibility index (Phi) is 6.38. The van der Waals surface area contributed by atoms with Crippen LogP contribution in [0.1, 0.15) is 120 Å². The average molecular weight is 499 g/mol. The van der Waals surface area contributed by atoms with Gasteiger partial charge in [-0.1, -0.05) is 60.1 Å². The van der Waals surface area contributed by atoms with Crippen molar-refractivity contribution in [2.24, 2.45) is 50.7 Å². The molecule has 36 heavy (non-hydrogen) atoms. The molecule has 4 fully saturated rings. The summed E-state index contributed by atoms with van der Waals surface area (Å²) in [6.45, 7) is 19.3. The standard InChI is InChI=1S/C33H54O3/c1-21(34)36-28-16-18-32(7)23-11-13-26-31(6,20-22(23)10-12-24(32)30(28,4)5)17-14-25-29(2,3)27(35-9)15-19-33(25,26)8/h10,23-28H,11-20H2,1-9H3/t23-,24-,25-,26-,27+,28+,31-,32+,33-/m0/s1. The van der Waals surface area contributed by atoms with E-state index in [0.29, 0.717) is 34.2 Å². The molecule has 0 heterocycles. The highest BCUT2D eigenvalue weighted by Gasteiger charge is 2.63. The molecule has 0 bridgehead atoms. The Morgan fingerprint density at radius 1 is 0.778 bits per heavy atom. The molecule has 0 amide bonds. The third-order valence-corrected chi connectivity index (χ3v) is 13.4. The zero-order chi connectivity index (χ0) is 26.3. The first kappa shape index (κ1) is 26.8. The third kappa shape index (κ3) is 3.71. The van der Waals surface area contributed by atoms with Crippen molar-refractivity contribution in [2.75, 3.05) is 7.11 Å². The molecule has 0 spiro atoms. The van der Waals surface area contributed by atoms with Crippen LogP contribution in [0.5, 0.6) is 0 Å². The van der Waals surface area contributed by atoms with E-state index in [0.717, 1.165) is 24.7 Å². The van der Waals surface area contributed by atoms with Crippen LogP contribution in [0.4, 0.5) is 0 Å². The number of esters is 1. The lowest BCUT2D eigenvalue weighted by molar-refractivity contribution is -0.178. The molecule has 5 aliphatic rings. The van der Waals surface area contributed by atoms with Crippen molar-refractivity contribution in [1.82, 2.24) is 0 Å². The number of carbonyl (C=O) groups is 1. The smallest absolute Gasteiger partial charge is 0.302 e. The van der Waals surface area contributed by atoms with Crippen molar-refractivity contribution < 1.29 is 14.3 Å². The molecule has 9 atom stereocenters. The molecule has 0 aliphatic heterocycles. The molecule has 0 unspecified atom stereocenters. The Morgan fingerprint density at radius 3 is 2.08 bits per heavy atom. The summed E-state index contributed by atoms with van der Waals surface area (Å²) in [5.41, 5.74) is 3.18. The fourth-order valence-electron chi connectivity index (χ4n) is 11.7. The van der Waals surface area contributed by atoms with Gasteiger partial charge in [0.25, 0.3) is 0 Å². The number of carbonyl (C=O) groups excluding carboxylic acids is 1. The summed E-state index contributed by atoms with van der Waals surface area (Å²) < 4.78 is 11.9. The zero-order valence-corrected chi connectivity index (χ0v) is 24.8. The number of fused-ring (bicyclic) bond motifs is 6. The molecule has 4 saturated carbocycles. The average Bonchev–Trinajstić information content (AvgIpc) is 2.92. The highest BCUT2D eigenvalue weighted by atomic mass is 16.5. The maximum atomic E-state index is 11.9. The van der Waals surface area contributed by atoms with Gasteiger partial charge in [-0.2, -0.15) is 0 Å². The Hall–Kier alpha value is -0.830. The molecule has 204 valence electrons. The Balaban J connectivity index is 1.46. The number of allylic oxidation sites excluding steroid dienone is 2. The zero-order valence-electron chi connectivity index (χ0n) is 24.8. The Bertz CT molecular complexity index is 916. The molecule has 0 saturated heterocycles. The van der Waals surface area contributed by atoms with Gasteiger partial charge in [-0.3, -0.25) is 4.79 Å². The maximum absolute atomic E-state index is 11.9. The molecule has 3 nitrogen and oxygen atoms in total. The lowest BCUT2D eigenvalue weighted by atomic mass is 9.42. The molecule has 0 N–H and O–H groups in total. The van der Waals surface area contributed by atoms with Crippen molar-refractivity contribution >= 4 is 5.97 Å². The van der Waals surface area contributed by atoms with Gasteiger partial charge in [0.2, 0.25) is 0 Å². The molecular formula is C33H54O3. The van der Waals surface area contributed by atoms with Crippen LogP contribution in [-0.2, 0) is 14.3 Å². The number of methoxy groups -OCH3 is 1. The van der Waals surface area contributed by atoms with Crippen LogP contribution in [-0.4, -0.2) is 25.3 Å². The van der Waals surface area contributed by atoms with E-state index in [1.807, 2.05) is 7.11 Å². The monoisotopic (exact) mass is 498 g/mol. The minimum atomic E-state index is -0.121. The summed E-state index contributed by atoms with van der Waals surface area (Å²) >= 11 is 0. The number of ether oxygens (including phenoxy) is 2. The number of hydrogen-bond acceptors (Lipinski definition) is 3. The fraction of sp³-hybridized carbons (Fsp3) is 0.909. The SMILES string of the molecule is CO[C@@H]1CC[C@@]2(C)[C@@H](CC[C@@]3(C)CC4=CC[C@H]5C(C)(C)[C@H](OC(C)=O)CC[C@]5(C)[C@H]4CC[C@@H]32)C1(C)C. The second-order valence-electron chi connectivity index (χ2n) is 15.7. The topological polar surface area (TPSA) is 35.5 Å². The van der Waals surface area contributed by atoms with Crippen molar-refractivity contribution in [1.29, 1.82) is 0 Å². The number of rotatable bonds is 2. The summed E-state index contributed by atoms with van der Waals surface area (Å²) in [7, 11) is 1.93. The van der Waals surface area contributed by atoms with Crippen LogP contribution in [0.2, 0.25) is 0 Å². The highest BCUT2D eigenvalue weighted by Crippen LogP contribution is 2.70. The summed E-state index contributed by atoms with van der Waals surface area (Å²) in [6.07, 6.45) is 15.7. The van der Waals surface area contributed by atoms with Crippen LogP contribution in [0.25, 0.3) is 0 Å². The van der Waals surface area contributed by atoms with E-state index in [1.165, 1.54) is 51.4 Å². The maximum Gasteiger partial charge on any atom is 0.302 e. The summed E-state index contributed by atoms with van der Waals surface area (Å²) in [5, 5.41) is 0. The van der Waals surface area contributed by atoms with Crippen molar-refractivity contribution in [3.63, 3.8) is 0 Å². The largest absolute Gasteiger partial charge is 0.462 e. The molecule has 0 aromatic carbocycles. The van der Waals surface area contributed by atoms with Crippen LogP contribution in [0.15, 0.2) is 11.6 Å². The minimum absolute atomic E-state index is 0.0172. The van der Waals surface area contributed by atoms with Crippen LogP contribution in [0.3, 0.4) is 0 Å². The number of hydrogen-bond donors (Lipinski definition) is 0. The van der Waals surface area contributed by atoms with E-state index in [1.54, 1.807) is 12.5 Å². The molecule has 0 aromatic heterocycles. The fourth-order valence-corrected chi connectivity index (χ4v) is 11.7. The van der Waals surface area contributed by atoms with E-state index in [-0.39, 0.29) is 22.9 Å². The van der Waals surface area contributed by atoms with Crippen molar-refractivity contribution in [3.8, 4) is 0 Å². The summed E-state index contributed by atoms with van der Waals surface area (Å²) in [4.78, 5) is 11.9. The lowest BCUT2D eigenvalue weighted by Crippen LogP contribution is -2.58. The van der Waals surface area contributed by atoms with Crippen LogP contribution in [0, 0.1) is 50.7 Å². The predicted octanol–water partition coefficient (Wildman–Crippen LogP) is 8.36. The van der Waals surface area contributed by atoms with Crippen LogP contribution >= 0.6 is 0 Å². The van der Waals surface area contributed by atoms with Gasteiger partial charge in [0.1, 0.15) is 6.10 Å². The molecule has 3 heteroatoms. The minimum Gasteiger partial charge on any atom is -0.462 e. The van der Waals surface area contributed by atoms with Gasteiger partial charge in [-0.05, 0) is 110 Å². The Labute approximate surface area is 221 Å². The quantitative estimate of drug-likeness (QED) is 0.283. The van der Waals surface area contributed by atoms with Gasteiger partial charge in [0.05, 0.1) is 6.10 Å². The van der Waals surface area contributed by atoms with Gasteiger partial charge in [0.15, 0.2) is 0 Å². The summed E-state index contributed by atoms with van der Waals surface area (Å²) in [5.74, 6) is 2.67. The first-order valence-electron chi connectivity index (χ1n) is 15.1. The van der Waals surface area contributed by atoms with Gasteiger partial charge < -0.3 is 9.47 Å². The predicted molar refractivity (Wildman–Crippen MR) is 146 cm³/mol. The summed E-state index contributed by atoms with van der Waals surface area (Å²) in [6, 6.07) is 0. The lowest BCUT2D eigenvalue weighted by Gasteiger charge is -2.64. The molecule has 0 aromatic rings. The van der Waals surface area contributed by atoms with Gasteiger partial charge in [-0.15, -0.1) is 0 Å². The molecule has 5 rings (SSSR count). The first-order valence-corrected chi connectivity index (χ1v) is 15.1. The van der Waals surface area contributed by atoms with E-state index >= 15 is 0 Å². The molecular weight excluding hydrogens is 444 g/mol. The second-order valence-corrected chi connectivity index (χ2v) is 15.7. The Morgan fingerprint density at radius 2 is 1.42 bits per heavy atom. The van der Waals surface area contributed by atoms with Crippen molar-refractivity contribution in [3.05, 3.63) is 11.6 Å². The highest BCUT2D eigenvalue weighted by molar-refractivity contribution is 5.66. The van der Waals surface area contributed by atoms with Gasteiger partial charge in [0, 0.05) is 19.4 Å². The third-order valence-electron chi connectivity index (χ3n) is 13.4. The van der Waals surface area contributed by atoms with Gasteiger partial charge in [-0.25, -0.2) is 0 Å². The first-order chi connectivity index (χ1) is 16.7. The van der Waals surface area contributed by atoms with Crippen molar-refractivity contribution in [2.45, 2.75) is 132 Å². The normalized spacial score (nSPS) is 49.3. The second kappa shape index (κ2) is 8.59.